The number of fused-ring (bicyclic) bond motifs is 1. The number of nitrogens with one attached hydrogen (secondary N) is 1. The lowest BCUT2D eigenvalue weighted by Gasteiger charge is -1.95. The normalized spacial score (nSPS) is 10.6. The summed E-state index contributed by atoms with van der Waals surface area (Å²) in [6.45, 7) is 1.81. The maximum atomic E-state index is 8.70. The average Bonchev–Trinajstić information content (AvgIpc) is 2.92. The van der Waals surface area contributed by atoms with Crippen molar-refractivity contribution in [3.63, 3.8) is 0 Å². The second-order valence-corrected chi connectivity index (χ2v) is 3.67. The van der Waals surface area contributed by atoms with Crippen LogP contribution in [0.3, 0.4) is 0 Å². The molecular formula is C12H8N4O. The van der Waals surface area contributed by atoms with Crippen LogP contribution in [0, 0.1) is 18.3 Å². The monoisotopic (exact) mass is 224 g/mol. The predicted molar refractivity (Wildman–Crippen MR) is 61.0 cm³/mol. The summed E-state index contributed by atoms with van der Waals surface area (Å²) in [6.07, 6.45) is 1.63. The molecule has 0 saturated heterocycles. The summed E-state index contributed by atoms with van der Waals surface area (Å²) in [7, 11) is 0. The van der Waals surface area contributed by atoms with Crippen LogP contribution in [0.5, 0.6) is 0 Å². The van der Waals surface area contributed by atoms with E-state index in [4.69, 9.17) is 9.68 Å². The Hall–Kier alpha value is -2.61. The van der Waals surface area contributed by atoms with Gasteiger partial charge < -0.3 is 9.40 Å². The summed E-state index contributed by atoms with van der Waals surface area (Å²) in [4.78, 5) is 11.1. The third-order valence-corrected chi connectivity index (χ3v) is 2.49. The van der Waals surface area contributed by atoms with E-state index in [0.717, 1.165) is 22.4 Å². The van der Waals surface area contributed by atoms with E-state index < -0.39 is 0 Å². The minimum Gasteiger partial charge on any atom is -0.441 e. The van der Waals surface area contributed by atoms with Crippen LogP contribution in [0.4, 0.5) is 0 Å². The zero-order valence-corrected chi connectivity index (χ0v) is 9.06. The number of oxazole rings is 1. The highest BCUT2D eigenvalue weighted by atomic mass is 16.3. The topological polar surface area (TPSA) is 78.5 Å². The van der Waals surface area contributed by atoms with Crippen LogP contribution in [0.2, 0.25) is 0 Å². The maximum absolute atomic E-state index is 8.70. The van der Waals surface area contributed by atoms with Gasteiger partial charge in [-0.1, -0.05) is 6.07 Å². The predicted octanol–water partition coefficient (Wildman–Crippen LogP) is 2.40. The van der Waals surface area contributed by atoms with E-state index in [9.17, 15) is 0 Å². The molecule has 2 aromatic heterocycles. The lowest BCUT2D eigenvalue weighted by Crippen LogP contribution is -1.79. The number of imidazole rings is 1. The molecule has 0 aliphatic rings. The second kappa shape index (κ2) is 3.46. The van der Waals surface area contributed by atoms with Gasteiger partial charge in [0.25, 0.3) is 0 Å². The first kappa shape index (κ1) is 9.60. The molecule has 82 valence electrons. The molecule has 0 fully saturated rings. The molecule has 5 heteroatoms. The number of aromatic nitrogens is 3. The van der Waals surface area contributed by atoms with E-state index in [0.29, 0.717) is 11.7 Å². The molecule has 17 heavy (non-hydrogen) atoms. The van der Waals surface area contributed by atoms with Gasteiger partial charge in [-0.2, -0.15) is 5.26 Å². The average molecular weight is 224 g/mol. The fraction of sp³-hybridized carbons (Fsp3) is 0.0833. The van der Waals surface area contributed by atoms with Crippen molar-refractivity contribution in [3.05, 3.63) is 36.1 Å². The molecule has 0 bridgehead atoms. The largest absolute Gasteiger partial charge is 0.441 e. The Morgan fingerprint density at radius 3 is 3.06 bits per heavy atom. The Balaban J connectivity index is 2.14. The van der Waals surface area contributed by atoms with Gasteiger partial charge in [-0.05, 0) is 12.1 Å². The molecule has 0 spiro atoms. The zero-order chi connectivity index (χ0) is 11.8. The summed E-state index contributed by atoms with van der Waals surface area (Å²) in [5, 5.41) is 8.70. The van der Waals surface area contributed by atoms with Crippen molar-refractivity contribution in [3.8, 4) is 17.3 Å². The van der Waals surface area contributed by atoms with Crippen molar-refractivity contribution in [1.82, 2.24) is 15.0 Å². The first-order valence-corrected chi connectivity index (χ1v) is 5.09. The number of hydrogen-bond donors (Lipinski definition) is 1. The van der Waals surface area contributed by atoms with Crippen LogP contribution >= 0.6 is 0 Å². The molecular weight excluding hydrogens is 216 g/mol. The number of hydrogen-bond acceptors (Lipinski definition) is 4. The third kappa shape index (κ3) is 1.56. The third-order valence-electron chi connectivity index (χ3n) is 2.49. The van der Waals surface area contributed by atoms with E-state index in [1.54, 1.807) is 6.20 Å². The van der Waals surface area contributed by atoms with Gasteiger partial charge in [0.2, 0.25) is 5.82 Å². The number of aryl methyl sites for hydroxylation is 1. The van der Waals surface area contributed by atoms with Crippen molar-refractivity contribution < 1.29 is 4.42 Å². The minimum absolute atomic E-state index is 0.300. The van der Waals surface area contributed by atoms with Gasteiger partial charge in [0.1, 0.15) is 11.6 Å². The molecule has 1 N–H and O–H groups in total. The lowest BCUT2D eigenvalue weighted by atomic mass is 10.1. The maximum Gasteiger partial charge on any atom is 0.210 e. The van der Waals surface area contributed by atoms with Gasteiger partial charge in [-0.25, -0.2) is 9.97 Å². The first-order valence-electron chi connectivity index (χ1n) is 5.09. The van der Waals surface area contributed by atoms with Crippen LogP contribution in [0.1, 0.15) is 11.7 Å². The fourth-order valence-corrected chi connectivity index (χ4v) is 1.73. The number of aromatic amines is 1. The SMILES string of the molecule is Cc1nc2ccc(-c3cnc(C#N)[nH]3)cc2o1. The van der Waals surface area contributed by atoms with Gasteiger partial charge in [-0.3, -0.25) is 0 Å². The molecule has 1 aromatic carbocycles. The number of benzene rings is 1. The quantitative estimate of drug-likeness (QED) is 0.688. The molecule has 3 rings (SSSR count). The molecule has 0 aliphatic carbocycles. The molecule has 0 amide bonds. The van der Waals surface area contributed by atoms with E-state index >= 15 is 0 Å². The minimum atomic E-state index is 0.300. The van der Waals surface area contributed by atoms with Crippen LogP contribution in [-0.4, -0.2) is 15.0 Å². The van der Waals surface area contributed by atoms with Crippen molar-refractivity contribution in [2.24, 2.45) is 0 Å². The Morgan fingerprint density at radius 2 is 2.29 bits per heavy atom. The van der Waals surface area contributed by atoms with Gasteiger partial charge in [0.15, 0.2) is 11.5 Å². The van der Waals surface area contributed by atoms with E-state index in [1.807, 2.05) is 31.2 Å². The van der Waals surface area contributed by atoms with Crippen LogP contribution in [0.25, 0.3) is 22.4 Å². The Morgan fingerprint density at radius 1 is 1.41 bits per heavy atom. The number of nitrogens with zero attached hydrogens (tertiary/aromatic N) is 3. The first-order chi connectivity index (χ1) is 8.26. The van der Waals surface area contributed by atoms with Crippen LogP contribution in [0.15, 0.2) is 28.8 Å². The Bertz CT molecular complexity index is 732. The molecule has 0 unspecified atom stereocenters. The van der Waals surface area contributed by atoms with Gasteiger partial charge in [0.05, 0.1) is 11.9 Å². The lowest BCUT2D eigenvalue weighted by molar-refractivity contribution is 0.561. The molecule has 0 aliphatic heterocycles. The van der Waals surface area contributed by atoms with Gasteiger partial charge in [0, 0.05) is 12.5 Å². The number of H-pyrrole nitrogens is 1. The summed E-state index contributed by atoms with van der Waals surface area (Å²) < 4.78 is 5.45. The zero-order valence-electron chi connectivity index (χ0n) is 9.06. The van der Waals surface area contributed by atoms with Crippen LogP contribution < -0.4 is 0 Å². The summed E-state index contributed by atoms with van der Waals surface area (Å²) >= 11 is 0. The fourth-order valence-electron chi connectivity index (χ4n) is 1.73. The summed E-state index contributed by atoms with van der Waals surface area (Å²) in [6, 6.07) is 7.63. The summed E-state index contributed by atoms with van der Waals surface area (Å²) in [5.41, 5.74) is 3.26. The number of rotatable bonds is 1. The smallest absolute Gasteiger partial charge is 0.210 e. The van der Waals surface area contributed by atoms with E-state index in [2.05, 4.69) is 15.0 Å². The molecule has 5 nitrogen and oxygen atoms in total. The standard InChI is InChI=1S/C12H8N4O/c1-7-15-9-3-2-8(4-11(9)17-7)10-6-14-12(5-13)16-10/h2-4,6H,1H3,(H,14,16). The van der Waals surface area contributed by atoms with Crippen molar-refractivity contribution in [2.75, 3.05) is 0 Å². The van der Waals surface area contributed by atoms with E-state index in [-0.39, 0.29) is 0 Å². The number of nitriles is 1. The van der Waals surface area contributed by atoms with Crippen LogP contribution in [-0.2, 0) is 0 Å². The van der Waals surface area contributed by atoms with Gasteiger partial charge >= 0.3 is 0 Å². The Kier molecular flexibility index (Phi) is 1.95. The molecule has 2 heterocycles. The highest BCUT2D eigenvalue weighted by Gasteiger charge is 2.06. The highest BCUT2D eigenvalue weighted by Crippen LogP contribution is 2.23. The van der Waals surface area contributed by atoms with Crippen molar-refractivity contribution in [1.29, 1.82) is 5.26 Å². The van der Waals surface area contributed by atoms with E-state index in [1.165, 1.54) is 0 Å². The summed E-state index contributed by atoms with van der Waals surface area (Å²) in [5.74, 6) is 0.938. The van der Waals surface area contributed by atoms with Gasteiger partial charge in [-0.15, -0.1) is 0 Å². The van der Waals surface area contributed by atoms with Crippen molar-refractivity contribution in [2.45, 2.75) is 6.92 Å². The van der Waals surface area contributed by atoms with Crippen molar-refractivity contribution >= 4 is 11.1 Å². The second-order valence-electron chi connectivity index (χ2n) is 3.67. The Labute approximate surface area is 96.7 Å². The highest BCUT2D eigenvalue weighted by molar-refractivity contribution is 5.79. The molecule has 3 aromatic rings. The molecule has 0 radical (unpaired) electrons. The molecule has 0 saturated carbocycles. The molecule has 0 atom stereocenters.